The van der Waals surface area contributed by atoms with E-state index in [1.54, 1.807) is 0 Å². The predicted octanol–water partition coefficient (Wildman–Crippen LogP) is 3.13. The fourth-order valence-corrected chi connectivity index (χ4v) is 3.23. The molecule has 0 spiro atoms. The number of piperidine rings is 1. The van der Waals surface area contributed by atoms with Crippen molar-refractivity contribution in [3.05, 3.63) is 35.9 Å². The number of benzene rings is 1. The van der Waals surface area contributed by atoms with E-state index in [-0.39, 0.29) is 11.8 Å². The smallest absolute Gasteiger partial charge is 0.237 e. The summed E-state index contributed by atoms with van der Waals surface area (Å²) < 4.78 is 0. The van der Waals surface area contributed by atoms with Crippen LogP contribution in [0.3, 0.4) is 0 Å². The highest BCUT2D eigenvalue weighted by Crippen LogP contribution is 2.21. The van der Waals surface area contributed by atoms with Crippen LogP contribution in [-0.4, -0.2) is 46.8 Å². The average molecular weight is 309 g/mol. The van der Waals surface area contributed by atoms with Crippen molar-refractivity contribution in [2.75, 3.05) is 19.0 Å². The second-order valence-electron chi connectivity index (χ2n) is 6.00. The summed E-state index contributed by atoms with van der Waals surface area (Å²) in [7, 11) is 0. The summed E-state index contributed by atoms with van der Waals surface area (Å²) in [5.74, 6) is 0.164. The number of amides is 1. The molecule has 1 amide bonds. The van der Waals surface area contributed by atoms with E-state index in [4.69, 9.17) is 11.6 Å². The van der Waals surface area contributed by atoms with Crippen molar-refractivity contribution < 1.29 is 4.79 Å². The van der Waals surface area contributed by atoms with Crippen LogP contribution in [-0.2, 0) is 11.3 Å². The second-order valence-corrected chi connectivity index (χ2v) is 6.26. The Morgan fingerprint density at radius 3 is 2.43 bits per heavy atom. The molecule has 0 N–H and O–H groups in total. The van der Waals surface area contributed by atoms with E-state index in [1.165, 1.54) is 5.56 Å². The molecule has 3 nitrogen and oxygen atoms in total. The lowest BCUT2D eigenvalue weighted by molar-refractivity contribution is -0.130. The Labute approximate surface area is 132 Å². The molecular weight excluding hydrogens is 284 g/mol. The van der Waals surface area contributed by atoms with Crippen molar-refractivity contribution in [3.63, 3.8) is 0 Å². The first kappa shape index (κ1) is 16.3. The van der Waals surface area contributed by atoms with Crippen LogP contribution in [0.4, 0.5) is 0 Å². The first-order chi connectivity index (χ1) is 10.1. The van der Waals surface area contributed by atoms with Crippen LogP contribution in [0.25, 0.3) is 0 Å². The number of halogens is 1. The minimum atomic E-state index is 0.0641. The van der Waals surface area contributed by atoms with Gasteiger partial charge in [-0.25, -0.2) is 0 Å². The van der Waals surface area contributed by atoms with Crippen LogP contribution in [0, 0.1) is 0 Å². The van der Waals surface area contributed by atoms with E-state index in [1.807, 2.05) is 4.90 Å². The van der Waals surface area contributed by atoms with Gasteiger partial charge in [-0.15, -0.1) is 11.6 Å². The number of hydrogen-bond acceptors (Lipinski definition) is 2. The van der Waals surface area contributed by atoms with E-state index in [0.29, 0.717) is 12.1 Å². The molecule has 21 heavy (non-hydrogen) atoms. The van der Waals surface area contributed by atoms with Gasteiger partial charge in [0.25, 0.3) is 0 Å². The van der Waals surface area contributed by atoms with Crippen LogP contribution in [0.15, 0.2) is 30.3 Å². The van der Waals surface area contributed by atoms with Crippen molar-refractivity contribution in [1.82, 2.24) is 9.80 Å². The molecule has 1 aromatic carbocycles. The number of carbonyl (C=O) groups excluding carboxylic acids is 1. The molecule has 116 valence electrons. The van der Waals surface area contributed by atoms with Crippen LogP contribution in [0.2, 0.25) is 0 Å². The van der Waals surface area contributed by atoms with Gasteiger partial charge in [0.05, 0.1) is 0 Å². The molecule has 2 rings (SSSR count). The maximum Gasteiger partial charge on any atom is 0.237 e. The van der Waals surface area contributed by atoms with Crippen LogP contribution < -0.4 is 0 Å². The van der Waals surface area contributed by atoms with Gasteiger partial charge in [0, 0.05) is 31.7 Å². The monoisotopic (exact) mass is 308 g/mol. The van der Waals surface area contributed by atoms with Crippen LogP contribution in [0.1, 0.15) is 32.3 Å². The molecule has 1 aliphatic heterocycles. The molecule has 1 aromatic rings. The number of likely N-dealkylation sites (tertiary alicyclic amines) is 1. The summed E-state index contributed by atoms with van der Waals surface area (Å²) in [5, 5.41) is 0. The first-order valence-electron chi connectivity index (χ1n) is 7.75. The van der Waals surface area contributed by atoms with E-state index in [9.17, 15) is 4.79 Å². The Kier molecular flexibility index (Phi) is 6.07. The highest BCUT2D eigenvalue weighted by atomic mass is 35.5. The number of alkyl halides is 1. The second kappa shape index (κ2) is 7.81. The molecule has 1 heterocycles. The molecule has 0 aliphatic carbocycles. The first-order valence-corrected chi connectivity index (χ1v) is 8.28. The predicted molar refractivity (Wildman–Crippen MR) is 87.4 cm³/mol. The maximum atomic E-state index is 11.6. The van der Waals surface area contributed by atoms with Crippen molar-refractivity contribution in [2.24, 2.45) is 0 Å². The SMILES string of the molecule is CC(C)N(Cc1ccccc1)C1CCN(C(=O)CCl)CC1. The van der Waals surface area contributed by atoms with Crippen LogP contribution >= 0.6 is 11.6 Å². The Hall–Kier alpha value is -1.06. The Balaban J connectivity index is 1.96. The molecular formula is C17H25ClN2O. The molecule has 1 saturated heterocycles. The number of hydrogen-bond donors (Lipinski definition) is 0. The molecule has 0 unspecified atom stereocenters. The van der Waals surface area contributed by atoms with Gasteiger partial charge in [-0.05, 0) is 32.3 Å². The molecule has 4 heteroatoms. The third-order valence-corrected chi connectivity index (χ3v) is 4.50. The van der Waals surface area contributed by atoms with Gasteiger partial charge in [0.2, 0.25) is 5.91 Å². The largest absolute Gasteiger partial charge is 0.342 e. The molecule has 0 aromatic heterocycles. The highest BCUT2D eigenvalue weighted by molar-refractivity contribution is 6.27. The molecule has 0 radical (unpaired) electrons. The van der Waals surface area contributed by atoms with Crippen molar-refractivity contribution >= 4 is 17.5 Å². The summed E-state index contributed by atoms with van der Waals surface area (Å²) in [4.78, 5) is 16.1. The molecule has 1 aliphatic rings. The number of rotatable bonds is 5. The lowest BCUT2D eigenvalue weighted by Crippen LogP contribution is -2.48. The van der Waals surface area contributed by atoms with E-state index < -0.39 is 0 Å². The van der Waals surface area contributed by atoms with Gasteiger partial charge < -0.3 is 4.90 Å². The van der Waals surface area contributed by atoms with E-state index >= 15 is 0 Å². The van der Waals surface area contributed by atoms with Gasteiger partial charge in [-0.3, -0.25) is 9.69 Å². The van der Waals surface area contributed by atoms with Gasteiger partial charge >= 0.3 is 0 Å². The molecule has 1 fully saturated rings. The van der Waals surface area contributed by atoms with E-state index in [2.05, 4.69) is 49.1 Å². The van der Waals surface area contributed by atoms with E-state index in [0.717, 1.165) is 32.5 Å². The summed E-state index contributed by atoms with van der Waals surface area (Å²) in [5.41, 5.74) is 1.35. The maximum absolute atomic E-state index is 11.6. The zero-order valence-electron chi connectivity index (χ0n) is 13.0. The van der Waals surface area contributed by atoms with Crippen molar-refractivity contribution in [2.45, 2.75) is 45.3 Å². The lowest BCUT2D eigenvalue weighted by Gasteiger charge is -2.40. The van der Waals surface area contributed by atoms with Gasteiger partial charge in [-0.2, -0.15) is 0 Å². The zero-order chi connectivity index (χ0) is 15.2. The Morgan fingerprint density at radius 2 is 1.90 bits per heavy atom. The average Bonchev–Trinajstić information content (AvgIpc) is 2.53. The lowest BCUT2D eigenvalue weighted by atomic mass is 10.0. The quantitative estimate of drug-likeness (QED) is 0.780. The topological polar surface area (TPSA) is 23.6 Å². The molecule has 0 atom stereocenters. The standard InChI is InChI=1S/C17H25ClN2O/c1-14(2)20(13-15-6-4-3-5-7-15)16-8-10-19(11-9-16)17(21)12-18/h3-7,14,16H,8-13H2,1-2H3. The van der Waals surface area contributed by atoms with Crippen molar-refractivity contribution in [3.8, 4) is 0 Å². The number of carbonyl (C=O) groups is 1. The van der Waals surface area contributed by atoms with Crippen molar-refractivity contribution in [1.29, 1.82) is 0 Å². The Bertz CT molecular complexity index is 441. The minimum absolute atomic E-state index is 0.0641. The third kappa shape index (κ3) is 4.45. The van der Waals surface area contributed by atoms with Gasteiger partial charge in [-0.1, -0.05) is 30.3 Å². The molecule has 0 bridgehead atoms. The minimum Gasteiger partial charge on any atom is -0.342 e. The number of nitrogens with zero attached hydrogens (tertiary/aromatic N) is 2. The fourth-order valence-electron chi connectivity index (χ4n) is 3.06. The fraction of sp³-hybridized carbons (Fsp3) is 0.588. The van der Waals surface area contributed by atoms with Crippen LogP contribution in [0.5, 0.6) is 0 Å². The van der Waals surface area contributed by atoms with Gasteiger partial charge in [0.1, 0.15) is 5.88 Å². The summed E-state index contributed by atoms with van der Waals surface area (Å²) in [6, 6.07) is 11.7. The molecule has 0 saturated carbocycles. The van der Waals surface area contributed by atoms with Gasteiger partial charge in [0.15, 0.2) is 0 Å². The normalized spacial score (nSPS) is 16.7. The zero-order valence-corrected chi connectivity index (χ0v) is 13.7. The summed E-state index contributed by atoms with van der Waals surface area (Å²) in [6.45, 7) is 7.13. The highest BCUT2D eigenvalue weighted by Gasteiger charge is 2.27. The summed E-state index contributed by atoms with van der Waals surface area (Å²) >= 11 is 5.64. The summed E-state index contributed by atoms with van der Waals surface area (Å²) in [6.07, 6.45) is 2.07. The third-order valence-electron chi connectivity index (χ3n) is 4.27. The Morgan fingerprint density at radius 1 is 1.29 bits per heavy atom.